The van der Waals surface area contributed by atoms with Crippen molar-refractivity contribution in [1.29, 1.82) is 0 Å². The van der Waals surface area contributed by atoms with E-state index in [0.717, 1.165) is 0 Å². The molecule has 0 aromatic carbocycles. The fourth-order valence-electron chi connectivity index (χ4n) is 1.11. The first kappa shape index (κ1) is 11.2. The van der Waals surface area contributed by atoms with E-state index < -0.39 is 0 Å². The van der Waals surface area contributed by atoms with Crippen LogP contribution < -0.4 is 16.4 Å². The van der Waals surface area contributed by atoms with Crippen LogP contribution in [0.25, 0.3) is 0 Å². The van der Waals surface area contributed by atoms with E-state index in [-0.39, 0.29) is 5.91 Å². The van der Waals surface area contributed by atoms with E-state index in [2.05, 4.69) is 20.6 Å². The summed E-state index contributed by atoms with van der Waals surface area (Å²) in [6.45, 7) is 2.29. The molecule has 0 atom stereocenters. The van der Waals surface area contributed by atoms with Crippen LogP contribution in [0.5, 0.6) is 0 Å². The smallest absolute Gasteiger partial charge is 0.221 e. The molecule has 0 fully saturated rings. The van der Waals surface area contributed by atoms with Crippen molar-refractivity contribution in [3.8, 4) is 0 Å². The molecule has 0 saturated heterocycles. The molecular weight excluding hydrogens is 194 g/mol. The van der Waals surface area contributed by atoms with Crippen LogP contribution in [0, 0.1) is 6.92 Å². The van der Waals surface area contributed by atoms with Crippen LogP contribution in [0.2, 0.25) is 0 Å². The average Bonchev–Trinajstić information content (AvgIpc) is 2.16. The van der Waals surface area contributed by atoms with Gasteiger partial charge in [0.05, 0.1) is 0 Å². The van der Waals surface area contributed by atoms with Gasteiger partial charge in [0.1, 0.15) is 17.5 Å². The van der Waals surface area contributed by atoms with E-state index in [9.17, 15) is 4.79 Å². The maximum absolute atomic E-state index is 10.9. The van der Waals surface area contributed by atoms with Gasteiger partial charge in [0.15, 0.2) is 0 Å². The van der Waals surface area contributed by atoms with Crippen molar-refractivity contribution in [2.45, 2.75) is 13.3 Å². The molecule has 0 saturated carbocycles. The molecule has 6 nitrogen and oxygen atoms in total. The Kier molecular flexibility index (Phi) is 3.84. The van der Waals surface area contributed by atoms with Crippen molar-refractivity contribution in [3.05, 3.63) is 11.9 Å². The van der Waals surface area contributed by atoms with Crippen LogP contribution in [-0.4, -0.2) is 29.5 Å². The molecule has 1 aromatic rings. The van der Waals surface area contributed by atoms with Crippen molar-refractivity contribution < 1.29 is 4.79 Å². The molecule has 0 aliphatic heterocycles. The highest BCUT2D eigenvalue weighted by atomic mass is 16.1. The predicted molar refractivity (Wildman–Crippen MR) is 58.4 cm³/mol. The fraction of sp³-hybridized carbons (Fsp3) is 0.444. The summed E-state index contributed by atoms with van der Waals surface area (Å²) in [5.41, 5.74) is 5.55. The highest BCUT2D eigenvalue weighted by Gasteiger charge is 2.00. The molecule has 0 aliphatic carbocycles. The normalized spacial score (nSPS) is 9.73. The van der Waals surface area contributed by atoms with E-state index in [4.69, 9.17) is 5.73 Å². The number of nitrogens with one attached hydrogen (secondary N) is 2. The third-order valence-corrected chi connectivity index (χ3v) is 1.79. The average molecular weight is 209 g/mol. The number of nitrogen functional groups attached to an aromatic ring is 1. The zero-order chi connectivity index (χ0) is 11.3. The van der Waals surface area contributed by atoms with Crippen molar-refractivity contribution in [3.63, 3.8) is 0 Å². The third kappa shape index (κ3) is 3.80. The number of carbonyl (C=O) groups excluding carboxylic acids is 1. The van der Waals surface area contributed by atoms with Crippen LogP contribution in [-0.2, 0) is 4.79 Å². The number of rotatable bonds is 4. The topological polar surface area (TPSA) is 92.9 Å². The second kappa shape index (κ2) is 5.14. The summed E-state index contributed by atoms with van der Waals surface area (Å²) in [7, 11) is 1.61. The third-order valence-electron chi connectivity index (χ3n) is 1.79. The maximum atomic E-state index is 10.9. The Morgan fingerprint density at radius 2 is 2.27 bits per heavy atom. The highest BCUT2D eigenvalue weighted by Crippen LogP contribution is 2.07. The summed E-state index contributed by atoms with van der Waals surface area (Å²) >= 11 is 0. The van der Waals surface area contributed by atoms with Gasteiger partial charge in [-0.2, -0.15) is 0 Å². The molecule has 1 heterocycles. The maximum Gasteiger partial charge on any atom is 0.221 e. The van der Waals surface area contributed by atoms with Gasteiger partial charge in [-0.3, -0.25) is 4.79 Å². The number of hydrogen-bond donors (Lipinski definition) is 3. The lowest BCUT2D eigenvalue weighted by Crippen LogP contribution is -2.21. The number of aromatic nitrogens is 2. The number of anilines is 2. The second-order valence-electron chi connectivity index (χ2n) is 3.08. The Balaban J connectivity index is 2.47. The highest BCUT2D eigenvalue weighted by molar-refractivity contribution is 5.76. The summed E-state index contributed by atoms with van der Waals surface area (Å²) in [6.07, 6.45) is 0.402. The van der Waals surface area contributed by atoms with Gasteiger partial charge in [-0.25, -0.2) is 9.97 Å². The van der Waals surface area contributed by atoms with Gasteiger partial charge in [0.2, 0.25) is 5.91 Å². The molecule has 0 bridgehead atoms. The van der Waals surface area contributed by atoms with E-state index in [1.165, 1.54) is 0 Å². The van der Waals surface area contributed by atoms with Gasteiger partial charge >= 0.3 is 0 Å². The molecule has 0 spiro atoms. The number of aryl methyl sites for hydroxylation is 1. The number of hydrogen-bond acceptors (Lipinski definition) is 5. The molecule has 1 amide bonds. The summed E-state index contributed by atoms with van der Waals surface area (Å²) in [6, 6.07) is 1.64. The lowest BCUT2D eigenvalue weighted by molar-refractivity contribution is -0.120. The lowest BCUT2D eigenvalue weighted by atomic mass is 10.4. The van der Waals surface area contributed by atoms with Gasteiger partial charge in [-0.05, 0) is 6.92 Å². The summed E-state index contributed by atoms with van der Waals surface area (Å²) in [4.78, 5) is 19.0. The van der Waals surface area contributed by atoms with E-state index in [1.807, 2.05) is 0 Å². The van der Waals surface area contributed by atoms with Crippen LogP contribution in [0.3, 0.4) is 0 Å². The zero-order valence-corrected chi connectivity index (χ0v) is 8.87. The molecule has 6 heteroatoms. The summed E-state index contributed by atoms with van der Waals surface area (Å²) < 4.78 is 0. The molecule has 0 unspecified atom stereocenters. The van der Waals surface area contributed by atoms with Crippen molar-refractivity contribution in [2.75, 3.05) is 24.6 Å². The number of amides is 1. The molecule has 15 heavy (non-hydrogen) atoms. The van der Waals surface area contributed by atoms with E-state index >= 15 is 0 Å². The molecule has 4 N–H and O–H groups in total. The minimum absolute atomic E-state index is 0.0127. The SMILES string of the molecule is CNC(=O)CCNc1cc(N)nc(C)n1. The zero-order valence-electron chi connectivity index (χ0n) is 8.87. The Labute approximate surface area is 88.3 Å². The Bertz CT molecular complexity index is 332. The van der Waals surface area contributed by atoms with Crippen molar-refractivity contribution >= 4 is 17.5 Å². The Morgan fingerprint density at radius 3 is 2.87 bits per heavy atom. The quantitative estimate of drug-likeness (QED) is 0.644. The van der Waals surface area contributed by atoms with Crippen LogP contribution in [0.4, 0.5) is 11.6 Å². The largest absolute Gasteiger partial charge is 0.384 e. The molecule has 0 aliphatic rings. The second-order valence-corrected chi connectivity index (χ2v) is 3.08. The molecular formula is C9H15N5O. The van der Waals surface area contributed by atoms with Crippen molar-refractivity contribution in [1.82, 2.24) is 15.3 Å². The molecule has 1 aromatic heterocycles. The summed E-state index contributed by atoms with van der Waals surface area (Å²) in [5, 5.41) is 5.54. The lowest BCUT2D eigenvalue weighted by Gasteiger charge is -2.06. The van der Waals surface area contributed by atoms with E-state index in [0.29, 0.717) is 30.4 Å². The monoisotopic (exact) mass is 209 g/mol. The first-order chi connectivity index (χ1) is 7.11. The minimum Gasteiger partial charge on any atom is -0.384 e. The van der Waals surface area contributed by atoms with E-state index in [1.54, 1.807) is 20.0 Å². The van der Waals surface area contributed by atoms with Crippen LogP contribution in [0.1, 0.15) is 12.2 Å². The summed E-state index contributed by atoms with van der Waals surface area (Å²) in [5.74, 6) is 1.66. The number of nitrogens with two attached hydrogens (primary N) is 1. The van der Waals surface area contributed by atoms with Crippen LogP contribution >= 0.6 is 0 Å². The molecule has 82 valence electrons. The van der Waals surface area contributed by atoms with Gasteiger partial charge in [0.25, 0.3) is 0 Å². The number of carbonyl (C=O) groups is 1. The predicted octanol–water partition coefficient (Wildman–Crippen LogP) is -0.0848. The van der Waals surface area contributed by atoms with Crippen LogP contribution in [0.15, 0.2) is 6.07 Å². The van der Waals surface area contributed by atoms with Gasteiger partial charge in [0, 0.05) is 26.1 Å². The molecule has 1 rings (SSSR count). The minimum atomic E-state index is -0.0127. The standard InChI is InChI=1S/C9H15N5O/c1-6-13-7(10)5-8(14-6)12-4-3-9(15)11-2/h5H,3-4H2,1-2H3,(H,11,15)(H3,10,12,13,14). The van der Waals surface area contributed by atoms with Gasteiger partial charge < -0.3 is 16.4 Å². The van der Waals surface area contributed by atoms with Gasteiger partial charge in [-0.1, -0.05) is 0 Å². The Morgan fingerprint density at radius 1 is 1.53 bits per heavy atom. The van der Waals surface area contributed by atoms with Gasteiger partial charge in [-0.15, -0.1) is 0 Å². The first-order valence-electron chi connectivity index (χ1n) is 4.67. The fourth-order valence-corrected chi connectivity index (χ4v) is 1.11. The molecule has 0 radical (unpaired) electrons. The number of nitrogens with zero attached hydrogens (tertiary/aromatic N) is 2. The Hall–Kier alpha value is -1.85. The van der Waals surface area contributed by atoms with Crippen molar-refractivity contribution in [2.24, 2.45) is 0 Å². The first-order valence-corrected chi connectivity index (χ1v) is 4.67.